The smallest absolute Gasteiger partial charge is 0.247 e. The first-order chi connectivity index (χ1) is 20.3. The van der Waals surface area contributed by atoms with Crippen molar-refractivity contribution in [2.24, 2.45) is 5.92 Å². The Balaban J connectivity index is 1.42. The van der Waals surface area contributed by atoms with E-state index in [1.807, 2.05) is 12.3 Å². The maximum absolute atomic E-state index is 12.9. The van der Waals surface area contributed by atoms with Gasteiger partial charge >= 0.3 is 0 Å². The van der Waals surface area contributed by atoms with Crippen molar-refractivity contribution in [3.8, 4) is 0 Å². The van der Waals surface area contributed by atoms with Crippen molar-refractivity contribution in [3.63, 3.8) is 0 Å². The second-order valence-corrected chi connectivity index (χ2v) is 11.8. The molecule has 0 spiro atoms. The van der Waals surface area contributed by atoms with E-state index in [1.54, 1.807) is 16.6 Å². The fraction of sp³-hybridized carbons (Fsp3) is 0.516. The Hall–Kier alpha value is -3.99. The molecule has 2 aliphatic rings. The molecule has 224 valence electrons. The third-order valence-electron chi connectivity index (χ3n) is 8.23. The van der Waals surface area contributed by atoms with Crippen LogP contribution in [0.1, 0.15) is 88.7 Å². The lowest BCUT2D eigenvalue weighted by atomic mass is 9.88. The van der Waals surface area contributed by atoms with Crippen molar-refractivity contribution in [1.29, 1.82) is 0 Å². The highest BCUT2D eigenvalue weighted by Crippen LogP contribution is 2.28. The molecular weight excluding hydrogens is 532 g/mol. The molecule has 0 saturated heterocycles. The van der Waals surface area contributed by atoms with Crippen LogP contribution < -0.4 is 21.3 Å². The zero-order chi connectivity index (χ0) is 29.6. The van der Waals surface area contributed by atoms with Crippen LogP contribution >= 0.6 is 0 Å². The summed E-state index contributed by atoms with van der Waals surface area (Å²) in [6, 6.07) is 5.54. The van der Waals surface area contributed by atoms with E-state index in [1.165, 1.54) is 12.5 Å². The summed E-state index contributed by atoms with van der Waals surface area (Å²) in [4.78, 5) is 34.7. The molecule has 1 aromatic carbocycles. The standard InChI is InChI=1S/C31H42N8O3/c1-4-27(41)36-26-14-13-23(34-29(42)20-9-6-5-7-10-20)15-21(26)17-32-31-38-30(35-22-11-8-12-24(40)16-22)37-28-25(19(2)3)18-33-39(28)31/h4,13-15,18-20,22,24,40H,1,5-12,16-17H2,2-3H3,(H,34,42)(H,36,41)(H2,32,35,37,38). The van der Waals surface area contributed by atoms with Gasteiger partial charge in [0, 0.05) is 35.4 Å². The molecule has 2 atom stereocenters. The summed E-state index contributed by atoms with van der Waals surface area (Å²) in [7, 11) is 0. The zero-order valence-electron chi connectivity index (χ0n) is 24.5. The molecule has 11 nitrogen and oxygen atoms in total. The van der Waals surface area contributed by atoms with Gasteiger partial charge in [-0.05, 0) is 74.3 Å². The number of rotatable bonds is 10. The van der Waals surface area contributed by atoms with E-state index in [-0.39, 0.29) is 35.8 Å². The highest BCUT2D eigenvalue weighted by atomic mass is 16.3. The number of nitrogens with one attached hydrogen (secondary N) is 4. The van der Waals surface area contributed by atoms with Crippen molar-refractivity contribution < 1.29 is 14.7 Å². The molecule has 2 heterocycles. The minimum absolute atomic E-state index is 0.0286. The van der Waals surface area contributed by atoms with Gasteiger partial charge in [0.25, 0.3) is 0 Å². The van der Waals surface area contributed by atoms with Gasteiger partial charge in [-0.25, -0.2) is 0 Å². The van der Waals surface area contributed by atoms with Gasteiger partial charge in [-0.2, -0.15) is 19.6 Å². The molecule has 2 fully saturated rings. The van der Waals surface area contributed by atoms with Crippen LogP contribution in [0.25, 0.3) is 5.65 Å². The average Bonchev–Trinajstić information content (AvgIpc) is 3.42. The number of aliphatic hydroxyl groups is 1. The van der Waals surface area contributed by atoms with Crippen LogP contribution in [0.15, 0.2) is 37.1 Å². The monoisotopic (exact) mass is 574 g/mol. The number of aliphatic hydroxyl groups excluding tert-OH is 1. The zero-order valence-corrected chi connectivity index (χ0v) is 24.5. The second kappa shape index (κ2) is 13.3. The van der Waals surface area contributed by atoms with E-state index in [4.69, 9.17) is 9.97 Å². The maximum atomic E-state index is 12.9. The van der Waals surface area contributed by atoms with E-state index >= 15 is 0 Å². The Labute approximate surface area is 246 Å². The van der Waals surface area contributed by atoms with Crippen LogP contribution in [0.5, 0.6) is 0 Å². The Kier molecular flexibility index (Phi) is 9.36. The summed E-state index contributed by atoms with van der Waals surface area (Å²) in [5.41, 5.74) is 3.74. The van der Waals surface area contributed by atoms with Crippen LogP contribution in [-0.4, -0.2) is 48.6 Å². The number of aromatic nitrogens is 4. The van der Waals surface area contributed by atoms with Gasteiger partial charge in [0.1, 0.15) is 0 Å². The summed E-state index contributed by atoms with van der Waals surface area (Å²) in [5.74, 6) is 0.911. The SMILES string of the molecule is C=CC(=O)Nc1ccc(NC(=O)C2CCCCC2)cc1CNc1nc(NC2CCCC(O)C2)nc2c(C(C)C)cnn12. The molecule has 2 saturated carbocycles. The van der Waals surface area contributed by atoms with Gasteiger partial charge < -0.3 is 26.4 Å². The molecule has 5 rings (SSSR count). The fourth-order valence-corrected chi connectivity index (χ4v) is 5.87. The minimum atomic E-state index is -0.325. The van der Waals surface area contributed by atoms with Gasteiger partial charge in [0.05, 0.1) is 12.3 Å². The van der Waals surface area contributed by atoms with Gasteiger partial charge in [-0.15, -0.1) is 0 Å². The molecule has 2 aliphatic carbocycles. The Morgan fingerprint density at radius 3 is 2.64 bits per heavy atom. The first-order valence-electron chi connectivity index (χ1n) is 15.1. The molecule has 2 amide bonds. The molecule has 2 aromatic heterocycles. The lowest BCUT2D eigenvalue weighted by Crippen LogP contribution is -2.30. The van der Waals surface area contributed by atoms with Crippen LogP contribution in [0.2, 0.25) is 0 Å². The molecule has 0 aliphatic heterocycles. The number of carbonyl (C=O) groups excluding carboxylic acids is 2. The number of benzene rings is 1. The number of hydrogen-bond donors (Lipinski definition) is 5. The van der Waals surface area contributed by atoms with E-state index < -0.39 is 0 Å². The van der Waals surface area contributed by atoms with Crippen molar-refractivity contribution in [1.82, 2.24) is 19.6 Å². The Morgan fingerprint density at radius 2 is 1.90 bits per heavy atom. The molecule has 11 heteroatoms. The third kappa shape index (κ3) is 7.07. The summed E-state index contributed by atoms with van der Waals surface area (Å²) in [5, 5.41) is 27.5. The van der Waals surface area contributed by atoms with E-state index in [9.17, 15) is 14.7 Å². The number of fused-ring (bicyclic) bond motifs is 1. The predicted molar refractivity (Wildman–Crippen MR) is 165 cm³/mol. The fourth-order valence-electron chi connectivity index (χ4n) is 5.87. The molecular formula is C31H42N8O3. The van der Waals surface area contributed by atoms with Gasteiger partial charge in [-0.3, -0.25) is 9.59 Å². The molecule has 3 aromatic rings. The van der Waals surface area contributed by atoms with Crippen molar-refractivity contribution in [2.45, 2.75) is 96.2 Å². The lowest BCUT2D eigenvalue weighted by Gasteiger charge is -2.26. The summed E-state index contributed by atoms with van der Waals surface area (Å²) in [6.07, 6.45) is 11.2. The third-order valence-corrected chi connectivity index (χ3v) is 8.23. The Morgan fingerprint density at radius 1 is 1.10 bits per heavy atom. The van der Waals surface area contributed by atoms with E-state index in [0.717, 1.165) is 56.1 Å². The molecule has 42 heavy (non-hydrogen) atoms. The van der Waals surface area contributed by atoms with Crippen LogP contribution in [0.3, 0.4) is 0 Å². The summed E-state index contributed by atoms with van der Waals surface area (Å²) in [6.45, 7) is 8.05. The molecule has 0 bridgehead atoms. The Bertz CT molecular complexity index is 1430. The molecule has 5 N–H and O–H groups in total. The topological polar surface area (TPSA) is 146 Å². The summed E-state index contributed by atoms with van der Waals surface area (Å²) >= 11 is 0. The summed E-state index contributed by atoms with van der Waals surface area (Å²) < 4.78 is 1.69. The lowest BCUT2D eigenvalue weighted by molar-refractivity contribution is -0.120. The van der Waals surface area contributed by atoms with Gasteiger partial charge in [0.2, 0.25) is 23.7 Å². The number of nitrogens with zero attached hydrogens (tertiary/aromatic N) is 4. The number of carbonyl (C=O) groups is 2. The van der Waals surface area contributed by atoms with Crippen LogP contribution in [-0.2, 0) is 16.1 Å². The first kappa shape index (κ1) is 29.5. The normalized spacial score (nSPS) is 19.4. The molecule has 0 radical (unpaired) electrons. The highest BCUT2D eigenvalue weighted by molar-refractivity contribution is 6.00. The number of amides is 2. The van der Waals surface area contributed by atoms with Gasteiger partial charge in [-0.1, -0.05) is 39.7 Å². The number of hydrogen-bond acceptors (Lipinski definition) is 8. The van der Waals surface area contributed by atoms with Crippen LogP contribution in [0, 0.1) is 5.92 Å². The van der Waals surface area contributed by atoms with E-state index in [2.05, 4.69) is 46.8 Å². The number of anilines is 4. The van der Waals surface area contributed by atoms with Crippen molar-refractivity contribution in [3.05, 3.63) is 48.2 Å². The predicted octanol–water partition coefficient (Wildman–Crippen LogP) is 5.22. The van der Waals surface area contributed by atoms with Crippen molar-refractivity contribution in [2.75, 3.05) is 21.3 Å². The van der Waals surface area contributed by atoms with Gasteiger partial charge in [0.15, 0.2) is 5.65 Å². The quantitative estimate of drug-likeness (QED) is 0.207. The highest BCUT2D eigenvalue weighted by Gasteiger charge is 2.23. The van der Waals surface area contributed by atoms with Crippen molar-refractivity contribution >= 4 is 40.7 Å². The van der Waals surface area contributed by atoms with E-state index in [0.29, 0.717) is 41.9 Å². The molecule has 2 unspecified atom stereocenters. The second-order valence-electron chi connectivity index (χ2n) is 11.8. The average molecular weight is 575 g/mol. The largest absolute Gasteiger partial charge is 0.393 e. The first-order valence-corrected chi connectivity index (χ1v) is 15.1. The maximum Gasteiger partial charge on any atom is 0.247 e. The minimum Gasteiger partial charge on any atom is -0.393 e. The van der Waals surface area contributed by atoms with Crippen LogP contribution in [0.4, 0.5) is 23.3 Å².